The minimum absolute atomic E-state index is 0.0544. The Bertz CT molecular complexity index is 958. The quantitative estimate of drug-likeness (QED) is 0.799. The van der Waals surface area contributed by atoms with Gasteiger partial charge >= 0.3 is 0 Å². The van der Waals surface area contributed by atoms with Gasteiger partial charge in [-0.1, -0.05) is 18.2 Å². The number of likely N-dealkylation sites (tertiary alicyclic amines) is 1. The Kier molecular flexibility index (Phi) is 1.36. The van der Waals surface area contributed by atoms with E-state index < -0.39 is 43.5 Å². The first-order valence-corrected chi connectivity index (χ1v) is 7.44. The Hall–Kier alpha value is -1.52. The lowest BCUT2D eigenvalue weighted by Crippen LogP contribution is -2.64. The minimum Gasteiger partial charge on any atom is -0.493 e. The second kappa shape index (κ2) is 4.06. The molecule has 0 radical (unpaired) electrons. The number of rotatable bonds is 1. The molecule has 4 heteroatoms. The largest absolute Gasteiger partial charge is 0.493 e. The number of hydrogen-bond donors (Lipinski definition) is 1. The molecule has 2 aliphatic carbocycles. The van der Waals surface area contributed by atoms with Crippen molar-refractivity contribution in [3.63, 3.8) is 0 Å². The molecule has 2 unspecified atom stereocenters. The Morgan fingerprint density at radius 1 is 1.50 bits per heavy atom. The van der Waals surface area contributed by atoms with Crippen molar-refractivity contribution in [1.82, 2.24) is 4.90 Å². The molecule has 5 rings (SSSR count). The molecule has 0 amide bonds. The lowest BCUT2D eigenvalue weighted by atomic mass is 9.53. The zero-order valence-electron chi connectivity index (χ0n) is 19.8. The molecule has 1 fully saturated rings. The average molecular weight is 307 g/mol. The maximum atomic E-state index is 10.9. The van der Waals surface area contributed by atoms with Crippen LogP contribution in [0.1, 0.15) is 28.5 Å². The van der Waals surface area contributed by atoms with Crippen LogP contribution < -0.4 is 9.47 Å². The summed E-state index contributed by atoms with van der Waals surface area (Å²) >= 11 is 0. The number of piperidine rings is 1. The van der Waals surface area contributed by atoms with E-state index in [4.69, 9.17) is 20.4 Å². The fourth-order valence-electron chi connectivity index (χ4n) is 4.77. The number of methoxy groups -OCH3 is 1. The first-order valence-electron chi connectivity index (χ1n) is 11.4. The van der Waals surface area contributed by atoms with Gasteiger partial charge in [-0.05, 0) is 38.0 Å². The van der Waals surface area contributed by atoms with E-state index in [1.165, 1.54) is 17.0 Å². The van der Waals surface area contributed by atoms with Gasteiger partial charge in [-0.25, -0.2) is 0 Å². The topological polar surface area (TPSA) is 41.9 Å². The summed E-state index contributed by atoms with van der Waals surface area (Å²) in [6, 6.07) is 2.63. The monoisotopic (exact) mass is 307 g/mol. The maximum Gasteiger partial charge on any atom is 0.165 e. The summed E-state index contributed by atoms with van der Waals surface area (Å²) in [5.74, 6) is -0.513. The summed E-state index contributed by atoms with van der Waals surface area (Å²) in [6.07, 6.45) is -1.26. The molecule has 4 nitrogen and oxygen atoms in total. The zero-order chi connectivity index (χ0) is 21.9. The van der Waals surface area contributed by atoms with Crippen LogP contribution in [-0.2, 0) is 11.8 Å². The van der Waals surface area contributed by atoms with Crippen LogP contribution in [0.25, 0.3) is 0 Å². The highest BCUT2D eigenvalue weighted by Gasteiger charge is 2.64. The van der Waals surface area contributed by atoms with Gasteiger partial charge in [0.15, 0.2) is 11.5 Å². The van der Waals surface area contributed by atoms with Crippen molar-refractivity contribution in [1.29, 1.82) is 0 Å². The molecule has 0 aromatic heterocycles. The summed E-state index contributed by atoms with van der Waals surface area (Å²) in [5.41, 5.74) is 0.0841. The lowest BCUT2D eigenvalue weighted by Gasteiger charge is -2.56. The van der Waals surface area contributed by atoms with Crippen LogP contribution in [0.5, 0.6) is 11.5 Å². The molecule has 2 heterocycles. The van der Waals surface area contributed by atoms with Crippen LogP contribution >= 0.6 is 0 Å². The second-order valence-electron chi connectivity index (χ2n) is 6.42. The van der Waals surface area contributed by atoms with E-state index in [0.29, 0.717) is 12.0 Å². The van der Waals surface area contributed by atoms with Gasteiger partial charge in [-0.3, -0.25) is 0 Å². The van der Waals surface area contributed by atoms with Gasteiger partial charge in [0.05, 0.1) is 13.9 Å². The van der Waals surface area contributed by atoms with E-state index >= 15 is 0 Å². The molecule has 2 bridgehead atoms. The van der Waals surface area contributed by atoms with Gasteiger partial charge in [0, 0.05) is 27.1 Å². The van der Waals surface area contributed by atoms with Crippen LogP contribution in [0.3, 0.4) is 0 Å². The second-order valence-corrected chi connectivity index (χ2v) is 6.42. The molecule has 1 aromatic carbocycles. The van der Waals surface area contributed by atoms with Crippen LogP contribution in [0.2, 0.25) is 0 Å². The predicted molar refractivity (Wildman–Crippen MR) is 82.5 cm³/mol. The molecule has 4 aliphatic rings. The Balaban J connectivity index is 1.77. The van der Waals surface area contributed by atoms with Crippen molar-refractivity contribution in [2.45, 2.75) is 36.5 Å². The molecule has 1 spiro atoms. The molecule has 0 saturated carbocycles. The third-order valence-corrected chi connectivity index (χ3v) is 5.63. The number of hydrogen-bond acceptors (Lipinski definition) is 4. The van der Waals surface area contributed by atoms with E-state index in [1.54, 1.807) is 12.1 Å². The van der Waals surface area contributed by atoms with Gasteiger partial charge in [0.1, 0.15) is 12.2 Å². The van der Waals surface area contributed by atoms with Crippen molar-refractivity contribution in [3.8, 4) is 11.5 Å². The van der Waals surface area contributed by atoms with Gasteiger partial charge < -0.3 is 19.5 Å². The summed E-state index contributed by atoms with van der Waals surface area (Å²) in [7, 11) is -2.74. The third kappa shape index (κ3) is 1.28. The van der Waals surface area contributed by atoms with Crippen molar-refractivity contribution < 1.29 is 25.5 Å². The molecule has 1 saturated heterocycles. The van der Waals surface area contributed by atoms with Crippen molar-refractivity contribution in [3.05, 3.63) is 35.4 Å². The fourth-order valence-corrected chi connectivity index (χ4v) is 4.77. The van der Waals surface area contributed by atoms with Gasteiger partial charge in [-0.15, -0.1) is 0 Å². The molecular formula is C18H21NO3. The number of ether oxygens (including phenoxy) is 2. The summed E-state index contributed by atoms with van der Waals surface area (Å²) < 4.78 is 74.8. The first kappa shape index (κ1) is 7.37. The fraction of sp³-hybridized carbons (Fsp3) is 0.556. The van der Waals surface area contributed by atoms with Crippen molar-refractivity contribution in [2.75, 3.05) is 20.6 Å². The summed E-state index contributed by atoms with van der Waals surface area (Å²) in [5, 5.41) is 10.9. The smallest absolute Gasteiger partial charge is 0.165 e. The van der Waals surface area contributed by atoms with Crippen molar-refractivity contribution in [2.24, 2.45) is 5.92 Å². The molecule has 1 N–H and O–H groups in total. The van der Waals surface area contributed by atoms with E-state index in [1.807, 2.05) is 0 Å². The predicted octanol–water partition coefficient (Wildman–Crippen LogP) is 1.50. The zero-order valence-corrected chi connectivity index (χ0v) is 11.8. The molecule has 1 aromatic rings. The lowest BCUT2D eigenvalue weighted by molar-refractivity contribution is -0.0453. The molecular weight excluding hydrogens is 278 g/mol. The number of likely N-dealkylation sites (N-methyl/N-ethyl adjacent to an activating group) is 1. The number of aliphatic hydroxyl groups is 1. The van der Waals surface area contributed by atoms with Crippen LogP contribution in [0.4, 0.5) is 0 Å². The highest BCUT2D eigenvalue weighted by Crippen LogP contribution is 2.62. The van der Waals surface area contributed by atoms with Gasteiger partial charge in [-0.2, -0.15) is 0 Å². The van der Waals surface area contributed by atoms with Crippen molar-refractivity contribution >= 4 is 0 Å². The van der Waals surface area contributed by atoms with Crippen LogP contribution in [-0.4, -0.2) is 48.8 Å². The first-order chi connectivity index (χ1) is 13.7. The van der Waals surface area contributed by atoms with E-state index in [9.17, 15) is 5.11 Å². The Labute approximate surface area is 141 Å². The van der Waals surface area contributed by atoms with Crippen LogP contribution in [0.15, 0.2) is 24.3 Å². The number of nitrogens with zero attached hydrogens (tertiary/aromatic N) is 1. The summed E-state index contributed by atoms with van der Waals surface area (Å²) in [6.45, 7) is -2.20. The third-order valence-electron chi connectivity index (χ3n) is 5.63. The SMILES string of the molecule is [2H]C([2H])([2H])Oc1ccc2c3c1OC1([2H])C([2H])(O)C=C[C@H]4[C@@H](C2)N(C([2H])([2H])[2H])CC[C@@]341. The van der Waals surface area contributed by atoms with E-state index in [0.717, 1.165) is 5.56 Å². The van der Waals surface area contributed by atoms with Crippen LogP contribution in [0, 0.1) is 5.92 Å². The molecule has 116 valence electrons. The average Bonchev–Trinajstić information content (AvgIpc) is 2.85. The minimum atomic E-state index is -2.74. The Morgan fingerprint density at radius 3 is 3.32 bits per heavy atom. The van der Waals surface area contributed by atoms with Gasteiger partial charge in [0.25, 0.3) is 0 Å². The molecule has 22 heavy (non-hydrogen) atoms. The Morgan fingerprint density at radius 2 is 2.45 bits per heavy atom. The molecule has 2 aliphatic heterocycles. The number of benzene rings is 1. The van der Waals surface area contributed by atoms with Gasteiger partial charge in [0.2, 0.25) is 0 Å². The molecule has 5 atom stereocenters. The highest BCUT2D eigenvalue weighted by molar-refractivity contribution is 5.62. The van der Waals surface area contributed by atoms with E-state index in [-0.39, 0.29) is 24.5 Å². The van der Waals surface area contributed by atoms with E-state index in [2.05, 4.69) is 0 Å². The highest BCUT2D eigenvalue weighted by atomic mass is 16.5. The standard InChI is InChI=1S/C18H21NO3/c1-19-8-7-18-11-4-5-13(20)17(18)22-16-14(21-2)6-3-10(15(16)18)9-12(11)19/h3-6,11-13,17,20H,7-9H2,1-2H3/t11-,12+,13?,17?,18-/m0/s1/i1D3,2D3,13D,17D. The maximum absolute atomic E-state index is 10.9. The summed E-state index contributed by atoms with van der Waals surface area (Å²) in [4.78, 5) is 1.44. The normalized spacial score (nSPS) is 54.2.